The lowest BCUT2D eigenvalue weighted by Crippen LogP contribution is -2.35. The van der Waals surface area contributed by atoms with Crippen molar-refractivity contribution < 1.29 is 30.0 Å². The van der Waals surface area contributed by atoms with E-state index in [-0.39, 0.29) is 26.1 Å². The van der Waals surface area contributed by atoms with E-state index in [4.69, 9.17) is 31.9 Å². The highest BCUT2D eigenvalue weighted by molar-refractivity contribution is 5.66. The van der Waals surface area contributed by atoms with E-state index in [1.54, 1.807) is 0 Å². The predicted molar refractivity (Wildman–Crippen MR) is 136 cm³/mol. The molecule has 0 bridgehead atoms. The van der Waals surface area contributed by atoms with Crippen LogP contribution in [0.25, 0.3) is 0 Å². The SMILES string of the molecule is NCCNCCNCCNCCN.O=C(O)CCCCCCCCC(=O)O.OCCNCCO. The van der Waals surface area contributed by atoms with Gasteiger partial charge < -0.3 is 53.2 Å². The topological polar surface area (TPSA) is 215 Å². The van der Waals surface area contributed by atoms with E-state index in [9.17, 15) is 9.59 Å². The fraction of sp³-hybridized carbons (Fsp3) is 0.909. The van der Waals surface area contributed by atoms with E-state index in [0.29, 0.717) is 26.2 Å². The molecule has 0 heterocycles. The summed E-state index contributed by atoms with van der Waals surface area (Å²) in [6.45, 7) is 8.56. The molecule has 0 aliphatic heterocycles. The second kappa shape index (κ2) is 36.2. The van der Waals surface area contributed by atoms with Crippen LogP contribution >= 0.6 is 0 Å². The summed E-state index contributed by atoms with van der Waals surface area (Å²) >= 11 is 0. The van der Waals surface area contributed by atoms with Crippen LogP contribution in [0.2, 0.25) is 0 Å². The van der Waals surface area contributed by atoms with Crippen molar-refractivity contribution in [2.24, 2.45) is 11.5 Å². The summed E-state index contributed by atoms with van der Waals surface area (Å²) in [5.41, 5.74) is 10.6. The van der Waals surface area contributed by atoms with Gasteiger partial charge >= 0.3 is 11.9 Å². The van der Waals surface area contributed by atoms with Gasteiger partial charge in [-0.15, -0.1) is 0 Å². The zero-order valence-electron chi connectivity index (χ0n) is 20.9. The molecule has 12 nitrogen and oxygen atoms in total. The van der Waals surface area contributed by atoms with E-state index in [1.165, 1.54) is 0 Å². The van der Waals surface area contributed by atoms with Crippen molar-refractivity contribution in [2.75, 3.05) is 78.7 Å². The maximum atomic E-state index is 10.1. The van der Waals surface area contributed by atoms with Crippen molar-refractivity contribution in [1.29, 1.82) is 0 Å². The van der Waals surface area contributed by atoms with Crippen LogP contribution in [0.1, 0.15) is 51.4 Å². The van der Waals surface area contributed by atoms with E-state index >= 15 is 0 Å². The Morgan fingerprint density at radius 2 is 0.794 bits per heavy atom. The summed E-state index contributed by atoms with van der Waals surface area (Å²) < 4.78 is 0. The number of aliphatic hydroxyl groups excluding tert-OH is 2. The van der Waals surface area contributed by atoms with Crippen molar-refractivity contribution in [3.63, 3.8) is 0 Å². The average Bonchev–Trinajstić information content (AvgIpc) is 2.80. The van der Waals surface area contributed by atoms with Crippen LogP contribution in [0.15, 0.2) is 0 Å². The average molecular weight is 497 g/mol. The number of carboxylic acids is 2. The Morgan fingerprint density at radius 1 is 0.500 bits per heavy atom. The smallest absolute Gasteiger partial charge is 0.303 e. The number of rotatable bonds is 23. The summed E-state index contributed by atoms with van der Waals surface area (Å²) in [5.74, 6) is -1.48. The standard InChI is InChI=1S/C10H18O4.C8H23N5.C4H11NO2/c11-9(12)7-5-3-1-2-4-6-8-10(13)14;9-1-3-11-5-7-13-8-6-12-4-2-10;6-3-1-5-2-4-7/h1-8H2,(H,11,12)(H,13,14);11-13H,1-10H2;5-7H,1-4H2. The molecule has 0 spiro atoms. The number of carboxylic acid groups (broad SMARTS) is 2. The number of nitrogens with two attached hydrogens (primary N) is 2. The maximum Gasteiger partial charge on any atom is 0.303 e. The molecule has 12 heteroatoms. The van der Waals surface area contributed by atoms with Gasteiger partial charge in [0.25, 0.3) is 0 Å². The quantitative estimate of drug-likeness (QED) is 0.0732. The van der Waals surface area contributed by atoms with Crippen LogP contribution in [0, 0.1) is 0 Å². The molecule has 0 aromatic rings. The zero-order valence-corrected chi connectivity index (χ0v) is 20.9. The third-order valence-corrected chi connectivity index (χ3v) is 4.21. The predicted octanol–water partition coefficient (Wildman–Crippen LogP) is -1.49. The van der Waals surface area contributed by atoms with Crippen LogP contribution in [0.4, 0.5) is 0 Å². The molecule has 12 N–H and O–H groups in total. The molecule has 0 atom stereocenters. The zero-order chi connectivity index (χ0) is 26.1. The first-order valence-electron chi connectivity index (χ1n) is 12.3. The highest BCUT2D eigenvalue weighted by atomic mass is 16.4. The van der Waals surface area contributed by atoms with E-state index in [2.05, 4.69) is 21.3 Å². The van der Waals surface area contributed by atoms with Crippen LogP contribution in [0.5, 0.6) is 0 Å². The molecule has 0 aliphatic rings. The molecular weight excluding hydrogens is 444 g/mol. The van der Waals surface area contributed by atoms with Gasteiger partial charge in [0.2, 0.25) is 0 Å². The van der Waals surface area contributed by atoms with Crippen LogP contribution in [0.3, 0.4) is 0 Å². The molecule has 0 saturated carbocycles. The lowest BCUT2D eigenvalue weighted by molar-refractivity contribution is -0.138. The molecule has 0 unspecified atom stereocenters. The summed E-state index contributed by atoms with van der Waals surface area (Å²) in [6.07, 6.45) is 5.82. The van der Waals surface area contributed by atoms with Crippen molar-refractivity contribution >= 4 is 11.9 Å². The molecule has 0 amide bonds. The van der Waals surface area contributed by atoms with Crippen molar-refractivity contribution in [3.8, 4) is 0 Å². The van der Waals surface area contributed by atoms with Gasteiger partial charge in [-0.1, -0.05) is 25.7 Å². The third-order valence-electron chi connectivity index (χ3n) is 4.21. The number of nitrogens with one attached hydrogen (secondary N) is 4. The van der Waals surface area contributed by atoms with Crippen molar-refractivity contribution in [3.05, 3.63) is 0 Å². The number of unbranched alkanes of at least 4 members (excludes halogenated alkanes) is 5. The summed E-state index contributed by atoms with van der Waals surface area (Å²) in [6, 6.07) is 0. The fourth-order valence-electron chi connectivity index (χ4n) is 2.48. The lowest BCUT2D eigenvalue weighted by atomic mass is 10.1. The van der Waals surface area contributed by atoms with Crippen molar-refractivity contribution in [1.82, 2.24) is 21.3 Å². The normalized spacial score (nSPS) is 10.1. The van der Waals surface area contributed by atoms with Gasteiger partial charge in [0, 0.05) is 78.3 Å². The molecule has 34 heavy (non-hydrogen) atoms. The summed E-state index contributed by atoms with van der Waals surface area (Å²) in [5, 5.41) is 45.5. The largest absolute Gasteiger partial charge is 0.481 e. The van der Waals surface area contributed by atoms with Crippen LogP contribution in [-0.4, -0.2) is 111 Å². The Kier molecular flexibility index (Phi) is 39.6. The maximum absolute atomic E-state index is 10.1. The molecule has 0 rings (SSSR count). The Morgan fingerprint density at radius 3 is 1.09 bits per heavy atom. The van der Waals surface area contributed by atoms with Gasteiger partial charge in [0.15, 0.2) is 0 Å². The van der Waals surface area contributed by atoms with Crippen molar-refractivity contribution in [2.45, 2.75) is 51.4 Å². The number of aliphatic hydroxyl groups is 2. The summed E-state index contributed by atoms with van der Waals surface area (Å²) in [7, 11) is 0. The van der Waals surface area contributed by atoms with E-state index in [0.717, 1.165) is 77.8 Å². The minimum absolute atomic E-state index is 0.139. The van der Waals surface area contributed by atoms with Gasteiger partial charge in [0.1, 0.15) is 0 Å². The number of carbonyl (C=O) groups is 2. The third kappa shape index (κ3) is 48.2. The minimum atomic E-state index is -0.740. The van der Waals surface area contributed by atoms with Gasteiger partial charge in [-0.05, 0) is 12.8 Å². The molecule has 0 aromatic carbocycles. The first kappa shape index (κ1) is 37.2. The molecular formula is C22H52N6O6. The first-order valence-corrected chi connectivity index (χ1v) is 12.3. The summed E-state index contributed by atoms with van der Waals surface area (Å²) in [4.78, 5) is 20.3. The fourth-order valence-corrected chi connectivity index (χ4v) is 2.48. The highest BCUT2D eigenvalue weighted by Gasteiger charge is 1.98. The van der Waals surface area contributed by atoms with Crippen LogP contribution in [-0.2, 0) is 9.59 Å². The molecule has 0 fully saturated rings. The van der Waals surface area contributed by atoms with E-state index in [1.807, 2.05) is 0 Å². The Bertz CT molecular complexity index is 374. The Hall–Kier alpha value is -1.38. The first-order chi connectivity index (χ1) is 16.5. The van der Waals surface area contributed by atoms with Gasteiger partial charge in [0.05, 0.1) is 13.2 Å². The second-order valence-corrected chi connectivity index (χ2v) is 7.43. The lowest BCUT2D eigenvalue weighted by Gasteiger charge is -2.06. The molecule has 0 aliphatic carbocycles. The molecule has 0 saturated heterocycles. The molecule has 206 valence electrons. The Balaban J connectivity index is -0.000000448. The van der Waals surface area contributed by atoms with Gasteiger partial charge in [-0.25, -0.2) is 0 Å². The van der Waals surface area contributed by atoms with Gasteiger partial charge in [-0.2, -0.15) is 0 Å². The Labute approximate surface area is 205 Å². The molecule has 0 radical (unpaired) electrons. The van der Waals surface area contributed by atoms with Gasteiger partial charge in [-0.3, -0.25) is 9.59 Å². The van der Waals surface area contributed by atoms with Crippen LogP contribution < -0.4 is 32.7 Å². The van der Waals surface area contributed by atoms with E-state index < -0.39 is 11.9 Å². The monoisotopic (exact) mass is 496 g/mol. The minimum Gasteiger partial charge on any atom is -0.481 e. The number of hydrogen-bond acceptors (Lipinski definition) is 10. The molecule has 0 aromatic heterocycles. The second-order valence-electron chi connectivity index (χ2n) is 7.43. The number of hydrogen-bond donors (Lipinski definition) is 10. The highest BCUT2D eigenvalue weighted by Crippen LogP contribution is 2.08. The number of aliphatic carboxylic acids is 2.